The molecule has 0 aliphatic heterocycles. The first-order valence-corrected chi connectivity index (χ1v) is 5.75. The Bertz CT molecular complexity index is 259. The molecule has 0 spiro atoms. The van der Waals surface area contributed by atoms with E-state index in [9.17, 15) is 0 Å². The van der Waals surface area contributed by atoms with Crippen LogP contribution in [0, 0.1) is 0 Å². The zero-order chi connectivity index (χ0) is 10.9. The van der Waals surface area contributed by atoms with Crippen LogP contribution >= 0.6 is 11.6 Å². The van der Waals surface area contributed by atoms with Crippen molar-refractivity contribution in [3.8, 4) is 5.75 Å². The largest absolute Gasteiger partial charge is 0.491 e. The first kappa shape index (κ1) is 12.3. The number of aryl methyl sites for hydroxylation is 1. The van der Waals surface area contributed by atoms with Crippen LogP contribution in [0.25, 0.3) is 0 Å². The summed E-state index contributed by atoms with van der Waals surface area (Å²) in [5, 5.41) is 0. The molecule has 0 amide bonds. The van der Waals surface area contributed by atoms with E-state index in [0.717, 1.165) is 12.2 Å². The summed E-state index contributed by atoms with van der Waals surface area (Å²) in [5.74, 6) is 1.42. The minimum atomic E-state index is 0.533. The molecule has 3 heteroatoms. The van der Waals surface area contributed by atoms with Crippen molar-refractivity contribution in [3.05, 3.63) is 29.8 Å². The fourth-order valence-electron chi connectivity index (χ4n) is 1.20. The molecule has 0 unspecified atom stereocenters. The van der Waals surface area contributed by atoms with Crippen molar-refractivity contribution in [2.24, 2.45) is 0 Å². The Labute approximate surface area is 96.2 Å². The topological polar surface area (TPSA) is 18.5 Å². The van der Waals surface area contributed by atoms with Crippen LogP contribution in [0.15, 0.2) is 24.3 Å². The van der Waals surface area contributed by atoms with Crippen LogP contribution in [0.4, 0.5) is 0 Å². The third-order valence-electron chi connectivity index (χ3n) is 2.05. The maximum atomic E-state index is 5.48. The molecule has 1 aromatic rings. The van der Waals surface area contributed by atoms with E-state index >= 15 is 0 Å². The van der Waals surface area contributed by atoms with Gasteiger partial charge in [-0.05, 0) is 24.1 Å². The van der Waals surface area contributed by atoms with Gasteiger partial charge >= 0.3 is 0 Å². The minimum absolute atomic E-state index is 0.533. The van der Waals surface area contributed by atoms with Gasteiger partial charge in [-0.25, -0.2) is 0 Å². The van der Waals surface area contributed by atoms with E-state index in [-0.39, 0.29) is 0 Å². The molecule has 0 aromatic heterocycles. The van der Waals surface area contributed by atoms with Gasteiger partial charge in [0.15, 0.2) is 0 Å². The van der Waals surface area contributed by atoms with Crippen molar-refractivity contribution >= 4 is 11.6 Å². The summed E-state index contributed by atoms with van der Waals surface area (Å²) in [5.41, 5.74) is 1.32. The molecule has 0 aliphatic rings. The minimum Gasteiger partial charge on any atom is -0.491 e. The number of alkyl halides is 1. The molecule has 84 valence electrons. The summed E-state index contributed by atoms with van der Waals surface area (Å²) in [6.45, 7) is 3.88. The summed E-state index contributed by atoms with van der Waals surface area (Å²) in [4.78, 5) is 0. The van der Waals surface area contributed by atoms with E-state index in [1.807, 2.05) is 12.1 Å². The van der Waals surface area contributed by atoms with Gasteiger partial charge < -0.3 is 9.47 Å². The lowest BCUT2D eigenvalue weighted by Gasteiger charge is -2.06. The van der Waals surface area contributed by atoms with Crippen molar-refractivity contribution < 1.29 is 9.47 Å². The van der Waals surface area contributed by atoms with Gasteiger partial charge in [0, 0.05) is 5.88 Å². The predicted octanol–water partition coefficient (Wildman–Crippen LogP) is 2.88. The lowest BCUT2D eigenvalue weighted by Crippen LogP contribution is -2.07. The zero-order valence-corrected chi connectivity index (χ0v) is 9.80. The second-order valence-corrected chi connectivity index (χ2v) is 3.53. The van der Waals surface area contributed by atoms with Crippen LogP contribution in [0.3, 0.4) is 0 Å². The van der Waals surface area contributed by atoms with Crippen LogP contribution in [0.1, 0.15) is 12.5 Å². The molecule has 0 bridgehead atoms. The van der Waals surface area contributed by atoms with Crippen molar-refractivity contribution in [2.75, 3.05) is 25.7 Å². The smallest absolute Gasteiger partial charge is 0.119 e. The Morgan fingerprint density at radius 2 is 1.80 bits per heavy atom. The van der Waals surface area contributed by atoms with E-state index in [1.54, 1.807) is 0 Å². The highest BCUT2D eigenvalue weighted by Gasteiger charge is 1.94. The number of benzene rings is 1. The van der Waals surface area contributed by atoms with Gasteiger partial charge in [-0.3, -0.25) is 0 Å². The van der Waals surface area contributed by atoms with E-state index in [1.165, 1.54) is 5.56 Å². The van der Waals surface area contributed by atoms with Crippen LogP contribution in [-0.2, 0) is 11.2 Å². The Morgan fingerprint density at radius 1 is 1.07 bits per heavy atom. The van der Waals surface area contributed by atoms with Gasteiger partial charge in [0.25, 0.3) is 0 Å². The molecule has 0 fully saturated rings. The third-order valence-corrected chi connectivity index (χ3v) is 2.20. The quantitative estimate of drug-likeness (QED) is 0.528. The number of ether oxygens (including phenoxy) is 2. The number of halogens is 1. The molecule has 1 rings (SSSR count). The first-order valence-electron chi connectivity index (χ1n) is 5.22. The molecule has 0 saturated carbocycles. The number of hydrogen-bond donors (Lipinski definition) is 0. The average Bonchev–Trinajstić information content (AvgIpc) is 2.30. The number of rotatable bonds is 7. The van der Waals surface area contributed by atoms with Crippen molar-refractivity contribution in [3.63, 3.8) is 0 Å². The summed E-state index contributed by atoms with van der Waals surface area (Å²) in [6.07, 6.45) is 1.05. The third kappa shape index (κ3) is 5.05. The van der Waals surface area contributed by atoms with E-state index in [0.29, 0.717) is 25.7 Å². The van der Waals surface area contributed by atoms with Gasteiger partial charge in [0.2, 0.25) is 0 Å². The fraction of sp³-hybridized carbons (Fsp3) is 0.500. The average molecular weight is 229 g/mol. The molecule has 2 nitrogen and oxygen atoms in total. The highest BCUT2D eigenvalue weighted by atomic mass is 35.5. The summed E-state index contributed by atoms with van der Waals surface area (Å²) in [6, 6.07) is 8.13. The molecule has 0 heterocycles. The lowest BCUT2D eigenvalue weighted by molar-refractivity contribution is 0.111. The summed E-state index contributed by atoms with van der Waals surface area (Å²) >= 11 is 5.47. The maximum Gasteiger partial charge on any atom is 0.119 e. The summed E-state index contributed by atoms with van der Waals surface area (Å²) in [7, 11) is 0. The Morgan fingerprint density at radius 3 is 2.40 bits per heavy atom. The molecule has 0 atom stereocenters. The summed E-state index contributed by atoms with van der Waals surface area (Å²) < 4.78 is 10.7. The van der Waals surface area contributed by atoms with Crippen LogP contribution in [0.2, 0.25) is 0 Å². The molecule has 1 aromatic carbocycles. The van der Waals surface area contributed by atoms with Crippen molar-refractivity contribution in [1.82, 2.24) is 0 Å². The molecular formula is C12H17ClO2. The molecule has 0 radical (unpaired) electrons. The van der Waals surface area contributed by atoms with Crippen molar-refractivity contribution in [2.45, 2.75) is 13.3 Å². The Hall–Kier alpha value is -0.730. The fourth-order valence-corrected chi connectivity index (χ4v) is 1.31. The normalized spacial score (nSPS) is 10.3. The van der Waals surface area contributed by atoms with Gasteiger partial charge in [-0.1, -0.05) is 19.1 Å². The van der Waals surface area contributed by atoms with E-state index in [4.69, 9.17) is 21.1 Å². The molecule has 0 aliphatic carbocycles. The number of hydrogen-bond acceptors (Lipinski definition) is 2. The van der Waals surface area contributed by atoms with Gasteiger partial charge in [-0.15, -0.1) is 11.6 Å². The highest BCUT2D eigenvalue weighted by molar-refractivity contribution is 6.17. The molecule has 0 saturated heterocycles. The lowest BCUT2D eigenvalue weighted by atomic mass is 10.2. The van der Waals surface area contributed by atoms with Gasteiger partial charge in [0.05, 0.1) is 13.2 Å². The molecular weight excluding hydrogens is 212 g/mol. The van der Waals surface area contributed by atoms with Gasteiger partial charge in [0.1, 0.15) is 12.4 Å². The van der Waals surface area contributed by atoms with E-state index in [2.05, 4.69) is 19.1 Å². The molecule has 0 N–H and O–H groups in total. The second kappa shape index (κ2) is 7.55. The Balaban J connectivity index is 2.20. The Kier molecular flexibility index (Phi) is 6.21. The van der Waals surface area contributed by atoms with E-state index < -0.39 is 0 Å². The molecule has 15 heavy (non-hydrogen) atoms. The van der Waals surface area contributed by atoms with Crippen molar-refractivity contribution in [1.29, 1.82) is 0 Å². The zero-order valence-electron chi connectivity index (χ0n) is 9.04. The highest BCUT2D eigenvalue weighted by Crippen LogP contribution is 2.12. The van der Waals surface area contributed by atoms with Crippen LogP contribution < -0.4 is 4.74 Å². The monoisotopic (exact) mass is 228 g/mol. The van der Waals surface area contributed by atoms with Crippen LogP contribution in [-0.4, -0.2) is 25.7 Å². The maximum absolute atomic E-state index is 5.48. The van der Waals surface area contributed by atoms with Gasteiger partial charge in [-0.2, -0.15) is 0 Å². The first-order chi connectivity index (χ1) is 7.36. The standard InChI is InChI=1S/C12H17ClO2/c1-2-11-3-5-12(6-4-11)15-10-9-14-8-7-13/h3-6H,2,7-10H2,1H3. The SMILES string of the molecule is CCc1ccc(OCCOCCCl)cc1. The predicted molar refractivity (Wildman–Crippen MR) is 62.9 cm³/mol. The van der Waals surface area contributed by atoms with Crippen LogP contribution in [0.5, 0.6) is 5.75 Å². The second-order valence-electron chi connectivity index (χ2n) is 3.15.